The summed E-state index contributed by atoms with van der Waals surface area (Å²) in [6.45, 7) is 2.11. The highest BCUT2D eigenvalue weighted by Gasteiger charge is 2.31. The number of aliphatic hydroxyl groups excluding tert-OH is 1. The molecule has 0 radical (unpaired) electrons. The van der Waals surface area contributed by atoms with Crippen molar-refractivity contribution in [2.75, 3.05) is 5.32 Å². The first-order valence-corrected chi connectivity index (χ1v) is 6.36. The van der Waals surface area contributed by atoms with Crippen LogP contribution in [0.2, 0.25) is 5.02 Å². The molecule has 2 N–H and O–H groups in total. The third kappa shape index (κ3) is 1.69. The van der Waals surface area contributed by atoms with Crippen LogP contribution < -0.4 is 5.32 Å². The molecule has 1 aromatic rings. The standard InChI is InChI=1S/C13H14ClN3O/c1-2-8-5-6-15-17-12(8)10-7-9(14)3-4-11(10)16-13(17)18/h3-4,6-7,13,16,18H,2,5H2,1H3. The monoisotopic (exact) mass is 263 g/mol. The van der Waals surface area contributed by atoms with E-state index >= 15 is 0 Å². The van der Waals surface area contributed by atoms with Crippen LogP contribution in [0.15, 0.2) is 28.9 Å². The number of aliphatic hydroxyl groups is 1. The van der Waals surface area contributed by atoms with Gasteiger partial charge >= 0.3 is 0 Å². The quantitative estimate of drug-likeness (QED) is 0.819. The second kappa shape index (κ2) is 4.30. The lowest BCUT2D eigenvalue weighted by Crippen LogP contribution is -2.41. The maximum absolute atomic E-state index is 10.1. The van der Waals surface area contributed by atoms with Crippen LogP contribution in [0.3, 0.4) is 0 Å². The van der Waals surface area contributed by atoms with Crippen molar-refractivity contribution in [3.63, 3.8) is 0 Å². The Kier molecular flexibility index (Phi) is 2.76. The van der Waals surface area contributed by atoms with Crippen molar-refractivity contribution in [2.24, 2.45) is 5.10 Å². The summed E-state index contributed by atoms with van der Waals surface area (Å²) >= 11 is 6.07. The number of fused-ring (bicyclic) bond motifs is 3. The normalized spacial score (nSPS) is 21.5. The number of anilines is 1. The Balaban J connectivity index is 2.22. The molecule has 1 atom stereocenters. The van der Waals surface area contributed by atoms with Gasteiger partial charge in [-0.1, -0.05) is 18.5 Å². The minimum absolute atomic E-state index is 0.685. The molecule has 0 saturated heterocycles. The molecule has 94 valence electrons. The van der Waals surface area contributed by atoms with Gasteiger partial charge in [0.25, 0.3) is 0 Å². The molecule has 5 heteroatoms. The Bertz CT molecular complexity index is 553. The maximum Gasteiger partial charge on any atom is 0.225 e. The fraction of sp³-hybridized carbons (Fsp3) is 0.308. The van der Waals surface area contributed by atoms with Crippen LogP contribution in [0.25, 0.3) is 5.70 Å². The summed E-state index contributed by atoms with van der Waals surface area (Å²) in [6, 6.07) is 5.61. The van der Waals surface area contributed by atoms with Crippen LogP contribution in [-0.2, 0) is 0 Å². The van der Waals surface area contributed by atoms with Crippen molar-refractivity contribution < 1.29 is 5.11 Å². The number of allylic oxidation sites excluding steroid dienone is 1. The van der Waals surface area contributed by atoms with E-state index in [0.717, 1.165) is 29.8 Å². The highest BCUT2D eigenvalue weighted by molar-refractivity contribution is 6.30. The molecule has 2 aliphatic heterocycles. The zero-order valence-corrected chi connectivity index (χ0v) is 10.8. The highest BCUT2D eigenvalue weighted by atomic mass is 35.5. The third-order valence-electron chi connectivity index (χ3n) is 3.29. The van der Waals surface area contributed by atoms with E-state index in [1.807, 2.05) is 24.4 Å². The van der Waals surface area contributed by atoms with Gasteiger partial charge in [-0.25, -0.2) is 5.01 Å². The molecule has 18 heavy (non-hydrogen) atoms. The molecule has 4 nitrogen and oxygen atoms in total. The zero-order valence-electron chi connectivity index (χ0n) is 10.0. The van der Waals surface area contributed by atoms with Gasteiger partial charge in [0, 0.05) is 28.9 Å². The third-order valence-corrected chi connectivity index (χ3v) is 3.52. The molecule has 0 aliphatic carbocycles. The van der Waals surface area contributed by atoms with Gasteiger partial charge in [-0.3, -0.25) is 0 Å². The van der Waals surface area contributed by atoms with E-state index in [9.17, 15) is 5.11 Å². The number of hydrogen-bond acceptors (Lipinski definition) is 4. The molecule has 0 fully saturated rings. The molecule has 0 saturated carbocycles. The first-order valence-electron chi connectivity index (χ1n) is 5.99. The summed E-state index contributed by atoms with van der Waals surface area (Å²) in [5.41, 5.74) is 4.13. The van der Waals surface area contributed by atoms with Crippen molar-refractivity contribution in [1.29, 1.82) is 0 Å². The number of rotatable bonds is 1. The van der Waals surface area contributed by atoms with E-state index in [4.69, 9.17) is 11.6 Å². The molecule has 2 aliphatic rings. The second-order valence-electron chi connectivity index (χ2n) is 4.36. The minimum atomic E-state index is -0.827. The topological polar surface area (TPSA) is 47.9 Å². The fourth-order valence-electron chi connectivity index (χ4n) is 2.40. The number of benzene rings is 1. The van der Waals surface area contributed by atoms with E-state index in [1.54, 1.807) is 5.01 Å². The molecule has 3 rings (SSSR count). The van der Waals surface area contributed by atoms with Crippen LogP contribution in [0.5, 0.6) is 0 Å². The van der Waals surface area contributed by atoms with E-state index in [-0.39, 0.29) is 0 Å². The van der Waals surface area contributed by atoms with Gasteiger partial charge in [-0.15, -0.1) is 0 Å². The van der Waals surface area contributed by atoms with Gasteiger partial charge in [-0.05, 0) is 30.2 Å². The molecule has 0 spiro atoms. The average Bonchev–Trinajstić information content (AvgIpc) is 2.39. The van der Waals surface area contributed by atoms with Crippen molar-refractivity contribution in [2.45, 2.75) is 26.1 Å². The van der Waals surface area contributed by atoms with Crippen LogP contribution in [0.4, 0.5) is 5.69 Å². The number of halogens is 1. The van der Waals surface area contributed by atoms with Gasteiger partial charge in [0.05, 0.1) is 5.70 Å². The lowest BCUT2D eigenvalue weighted by Gasteiger charge is -2.37. The van der Waals surface area contributed by atoms with E-state index in [0.29, 0.717) is 5.02 Å². The first-order chi connectivity index (χ1) is 8.70. The Hall–Kier alpha value is -1.52. The summed E-state index contributed by atoms with van der Waals surface area (Å²) < 4.78 is 0. The number of nitrogens with one attached hydrogen (secondary N) is 1. The lowest BCUT2D eigenvalue weighted by molar-refractivity contribution is 0.0685. The Morgan fingerprint density at radius 2 is 2.39 bits per heavy atom. The second-order valence-corrected chi connectivity index (χ2v) is 4.80. The molecule has 0 amide bonds. The SMILES string of the molecule is CCC1=C2c3cc(Cl)ccc3NC(O)N2N=CC1. The van der Waals surface area contributed by atoms with Crippen molar-refractivity contribution in [3.05, 3.63) is 34.4 Å². The smallest absolute Gasteiger partial charge is 0.225 e. The summed E-state index contributed by atoms with van der Waals surface area (Å²) in [6.07, 6.45) is 2.74. The van der Waals surface area contributed by atoms with Crippen LogP contribution in [0.1, 0.15) is 25.3 Å². The van der Waals surface area contributed by atoms with E-state index in [2.05, 4.69) is 17.3 Å². The molecule has 0 aromatic heterocycles. The molecule has 0 bridgehead atoms. The van der Waals surface area contributed by atoms with Gasteiger partial charge in [0.2, 0.25) is 6.35 Å². The van der Waals surface area contributed by atoms with Gasteiger partial charge < -0.3 is 10.4 Å². The van der Waals surface area contributed by atoms with Crippen molar-refractivity contribution >= 4 is 29.2 Å². The fourth-order valence-corrected chi connectivity index (χ4v) is 2.58. The Morgan fingerprint density at radius 1 is 1.56 bits per heavy atom. The zero-order chi connectivity index (χ0) is 12.7. The van der Waals surface area contributed by atoms with Crippen LogP contribution >= 0.6 is 11.6 Å². The molecule has 1 unspecified atom stereocenters. The van der Waals surface area contributed by atoms with Crippen LogP contribution in [-0.4, -0.2) is 22.7 Å². The first kappa shape index (κ1) is 11.6. The summed E-state index contributed by atoms with van der Waals surface area (Å²) in [5.74, 6) is 0. The Labute approximate surface area is 111 Å². The summed E-state index contributed by atoms with van der Waals surface area (Å²) in [5, 5.41) is 19.6. The maximum atomic E-state index is 10.1. The van der Waals surface area contributed by atoms with Crippen molar-refractivity contribution in [3.8, 4) is 0 Å². The highest BCUT2D eigenvalue weighted by Crippen LogP contribution is 2.39. The van der Waals surface area contributed by atoms with Gasteiger partial charge in [0.15, 0.2) is 0 Å². The van der Waals surface area contributed by atoms with Gasteiger partial charge in [0.1, 0.15) is 0 Å². The average molecular weight is 264 g/mol. The van der Waals surface area contributed by atoms with E-state index < -0.39 is 6.35 Å². The Morgan fingerprint density at radius 3 is 3.17 bits per heavy atom. The number of hydrazone groups is 1. The predicted molar refractivity (Wildman–Crippen MR) is 73.2 cm³/mol. The number of nitrogens with zero attached hydrogens (tertiary/aromatic N) is 2. The predicted octanol–water partition coefficient (Wildman–Crippen LogP) is 2.85. The molecular formula is C13H14ClN3O. The van der Waals surface area contributed by atoms with Crippen LogP contribution in [0, 0.1) is 0 Å². The summed E-state index contributed by atoms with van der Waals surface area (Å²) in [7, 11) is 0. The lowest BCUT2D eigenvalue weighted by atomic mass is 9.98. The summed E-state index contributed by atoms with van der Waals surface area (Å²) in [4.78, 5) is 0. The molecule has 1 aromatic carbocycles. The van der Waals surface area contributed by atoms with E-state index in [1.165, 1.54) is 5.57 Å². The molecular weight excluding hydrogens is 250 g/mol. The van der Waals surface area contributed by atoms with Gasteiger partial charge in [-0.2, -0.15) is 5.10 Å². The van der Waals surface area contributed by atoms with Crippen molar-refractivity contribution in [1.82, 2.24) is 5.01 Å². The largest absolute Gasteiger partial charge is 0.355 e. The molecule has 2 heterocycles. The number of hydrogen-bond donors (Lipinski definition) is 2. The minimum Gasteiger partial charge on any atom is -0.355 e.